The molecule has 1 heterocycles. The Labute approximate surface area is 129 Å². The monoisotopic (exact) mass is 315 g/mol. The predicted octanol–water partition coefficient (Wildman–Crippen LogP) is 2.90. The van der Waals surface area contributed by atoms with Crippen LogP contribution in [0.3, 0.4) is 0 Å². The van der Waals surface area contributed by atoms with E-state index in [1.807, 2.05) is 0 Å². The molecule has 1 saturated carbocycles. The minimum absolute atomic E-state index is 0. The van der Waals surface area contributed by atoms with Crippen molar-refractivity contribution in [2.75, 3.05) is 5.32 Å². The first-order valence-corrected chi connectivity index (χ1v) is 8.09. The second kappa shape index (κ2) is 6.87. The second-order valence-electron chi connectivity index (χ2n) is 5.71. The zero-order valence-electron chi connectivity index (χ0n) is 11.6. The van der Waals surface area contributed by atoms with E-state index in [2.05, 4.69) is 10.3 Å². The molecule has 0 saturated heterocycles. The van der Waals surface area contributed by atoms with Crippen LogP contribution >= 0.6 is 23.7 Å². The number of nitrogens with zero attached hydrogens (tertiary/aromatic N) is 1. The van der Waals surface area contributed by atoms with Gasteiger partial charge in [-0.2, -0.15) is 0 Å². The van der Waals surface area contributed by atoms with Crippen LogP contribution < -0.4 is 11.1 Å². The molecule has 0 radical (unpaired) electrons. The highest BCUT2D eigenvalue weighted by Crippen LogP contribution is 2.31. The molecule has 4 nitrogen and oxygen atoms in total. The summed E-state index contributed by atoms with van der Waals surface area (Å²) in [4.78, 5) is 18.1. The van der Waals surface area contributed by atoms with E-state index in [0.717, 1.165) is 43.7 Å². The quantitative estimate of drug-likeness (QED) is 0.881. The standard InChI is InChI=1S/C14H21N3OS.ClH/c15-10-5-3-4-9(8-10)13(18)17-14-16-11-6-1-2-7-12(11)19-14;/h9-10H,1-8,15H2,(H,16,17,18);1H. The minimum atomic E-state index is 0. The number of rotatable bonds is 2. The van der Waals surface area contributed by atoms with Gasteiger partial charge in [0.1, 0.15) is 0 Å². The van der Waals surface area contributed by atoms with E-state index < -0.39 is 0 Å². The molecule has 6 heteroatoms. The van der Waals surface area contributed by atoms with Gasteiger partial charge in [0.15, 0.2) is 5.13 Å². The number of carbonyl (C=O) groups excluding carboxylic acids is 1. The van der Waals surface area contributed by atoms with E-state index in [1.165, 1.54) is 23.4 Å². The van der Waals surface area contributed by atoms with Crippen LogP contribution in [-0.4, -0.2) is 16.9 Å². The molecule has 2 unspecified atom stereocenters. The van der Waals surface area contributed by atoms with Crippen LogP contribution in [0, 0.1) is 5.92 Å². The van der Waals surface area contributed by atoms with Crippen LogP contribution in [0.4, 0.5) is 5.13 Å². The highest BCUT2D eigenvalue weighted by Gasteiger charge is 2.26. The second-order valence-corrected chi connectivity index (χ2v) is 6.79. The molecule has 1 aromatic rings. The minimum Gasteiger partial charge on any atom is -0.328 e. The maximum atomic E-state index is 12.2. The summed E-state index contributed by atoms with van der Waals surface area (Å²) in [5, 5.41) is 3.79. The van der Waals surface area contributed by atoms with E-state index >= 15 is 0 Å². The van der Waals surface area contributed by atoms with E-state index in [0.29, 0.717) is 0 Å². The van der Waals surface area contributed by atoms with E-state index in [1.54, 1.807) is 11.3 Å². The number of anilines is 1. The third kappa shape index (κ3) is 3.51. The van der Waals surface area contributed by atoms with Crippen molar-refractivity contribution in [1.29, 1.82) is 0 Å². The molecule has 0 spiro atoms. The summed E-state index contributed by atoms with van der Waals surface area (Å²) in [6, 6.07) is 0.189. The third-order valence-electron chi connectivity index (χ3n) is 4.16. The van der Waals surface area contributed by atoms with Crippen molar-refractivity contribution in [2.24, 2.45) is 11.7 Å². The number of carbonyl (C=O) groups is 1. The number of nitrogens with one attached hydrogen (secondary N) is 1. The van der Waals surface area contributed by atoms with Gasteiger partial charge in [-0.05, 0) is 44.9 Å². The summed E-state index contributed by atoms with van der Waals surface area (Å²) in [6.07, 6.45) is 8.55. The van der Waals surface area contributed by atoms with Gasteiger partial charge in [-0.3, -0.25) is 4.79 Å². The molecule has 0 aliphatic heterocycles. The smallest absolute Gasteiger partial charge is 0.229 e. The molecule has 3 rings (SSSR count). The fourth-order valence-electron chi connectivity index (χ4n) is 3.08. The lowest BCUT2D eigenvalue weighted by molar-refractivity contribution is -0.120. The average Bonchev–Trinajstić information content (AvgIpc) is 2.80. The number of hydrogen-bond acceptors (Lipinski definition) is 4. The largest absolute Gasteiger partial charge is 0.328 e. The molecule has 2 aliphatic carbocycles. The van der Waals surface area contributed by atoms with Gasteiger partial charge < -0.3 is 11.1 Å². The summed E-state index contributed by atoms with van der Waals surface area (Å²) < 4.78 is 0. The Hall–Kier alpha value is -0.650. The van der Waals surface area contributed by atoms with Crippen LogP contribution in [-0.2, 0) is 17.6 Å². The Morgan fingerprint density at radius 1 is 1.25 bits per heavy atom. The Morgan fingerprint density at radius 3 is 2.80 bits per heavy atom. The summed E-state index contributed by atoms with van der Waals surface area (Å²) in [7, 11) is 0. The van der Waals surface area contributed by atoms with Crippen molar-refractivity contribution in [2.45, 2.75) is 57.4 Å². The molecule has 1 aromatic heterocycles. The normalized spacial score (nSPS) is 25.4. The Kier molecular flexibility index (Phi) is 5.41. The molecule has 1 amide bonds. The van der Waals surface area contributed by atoms with E-state index in [9.17, 15) is 4.79 Å². The van der Waals surface area contributed by atoms with Gasteiger partial charge in [0.25, 0.3) is 0 Å². The molecule has 2 aliphatic rings. The average molecular weight is 316 g/mol. The van der Waals surface area contributed by atoms with Crippen LogP contribution in [0.1, 0.15) is 49.1 Å². The van der Waals surface area contributed by atoms with Crippen LogP contribution in [0.2, 0.25) is 0 Å². The van der Waals surface area contributed by atoms with Crippen molar-refractivity contribution >= 4 is 34.8 Å². The topological polar surface area (TPSA) is 68.0 Å². The van der Waals surface area contributed by atoms with Gasteiger partial charge in [0.2, 0.25) is 5.91 Å². The SMILES string of the molecule is Cl.NC1CCCC(C(=O)Nc2nc3c(s2)CCCC3)C1. The third-order valence-corrected chi connectivity index (χ3v) is 5.23. The maximum absolute atomic E-state index is 12.2. The number of amides is 1. The highest BCUT2D eigenvalue weighted by atomic mass is 35.5. The summed E-state index contributed by atoms with van der Waals surface area (Å²) in [5.41, 5.74) is 7.14. The van der Waals surface area contributed by atoms with Crippen molar-refractivity contribution in [3.05, 3.63) is 10.6 Å². The van der Waals surface area contributed by atoms with Crippen LogP contribution in [0.25, 0.3) is 0 Å². The lowest BCUT2D eigenvalue weighted by Gasteiger charge is -2.25. The van der Waals surface area contributed by atoms with Gasteiger partial charge in [-0.25, -0.2) is 4.98 Å². The first-order chi connectivity index (χ1) is 9.22. The zero-order valence-corrected chi connectivity index (χ0v) is 13.2. The number of aromatic nitrogens is 1. The van der Waals surface area contributed by atoms with Gasteiger partial charge in [0.05, 0.1) is 5.69 Å². The Balaban J connectivity index is 0.00000147. The Morgan fingerprint density at radius 2 is 2.05 bits per heavy atom. The molecule has 1 fully saturated rings. The first-order valence-electron chi connectivity index (χ1n) is 7.27. The number of nitrogens with two attached hydrogens (primary N) is 1. The van der Waals surface area contributed by atoms with Crippen molar-refractivity contribution < 1.29 is 4.79 Å². The number of halogens is 1. The molecule has 0 bridgehead atoms. The molecular weight excluding hydrogens is 294 g/mol. The number of thiazole rings is 1. The number of aryl methyl sites for hydroxylation is 2. The van der Waals surface area contributed by atoms with Gasteiger partial charge in [-0.15, -0.1) is 23.7 Å². The van der Waals surface area contributed by atoms with Gasteiger partial charge in [0, 0.05) is 16.8 Å². The molecule has 20 heavy (non-hydrogen) atoms. The van der Waals surface area contributed by atoms with Gasteiger partial charge >= 0.3 is 0 Å². The van der Waals surface area contributed by atoms with Crippen molar-refractivity contribution in [3.63, 3.8) is 0 Å². The number of fused-ring (bicyclic) bond motifs is 1. The summed E-state index contributed by atoms with van der Waals surface area (Å²) in [5.74, 6) is 0.186. The van der Waals surface area contributed by atoms with Gasteiger partial charge in [-0.1, -0.05) is 6.42 Å². The Bertz CT molecular complexity index is 453. The van der Waals surface area contributed by atoms with Crippen LogP contribution in [0.5, 0.6) is 0 Å². The first kappa shape index (κ1) is 15.7. The summed E-state index contributed by atoms with van der Waals surface area (Å²) >= 11 is 1.65. The highest BCUT2D eigenvalue weighted by molar-refractivity contribution is 7.15. The van der Waals surface area contributed by atoms with E-state index in [4.69, 9.17) is 5.73 Å². The molecule has 3 N–H and O–H groups in total. The predicted molar refractivity (Wildman–Crippen MR) is 84.6 cm³/mol. The number of hydrogen-bond donors (Lipinski definition) is 2. The molecule has 112 valence electrons. The molecule has 2 atom stereocenters. The zero-order chi connectivity index (χ0) is 13.2. The maximum Gasteiger partial charge on any atom is 0.229 e. The van der Waals surface area contributed by atoms with E-state index in [-0.39, 0.29) is 30.3 Å². The van der Waals surface area contributed by atoms with Crippen LogP contribution in [0.15, 0.2) is 0 Å². The molecule has 0 aromatic carbocycles. The van der Waals surface area contributed by atoms with Crippen molar-refractivity contribution in [1.82, 2.24) is 4.98 Å². The lowest BCUT2D eigenvalue weighted by Crippen LogP contribution is -2.34. The molecular formula is C14H22ClN3OS. The lowest BCUT2D eigenvalue weighted by atomic mass is 9.86. The fraction of sp³-hybridized carbons (Fsp3) is 0.714. The fourth-order valence-corrected chi connectivity index (χ4v) is 4.13. The summed E-state index contributed by atoms with van der Waals surface area (Å²) in [6.45, 7) is 0. The van der Waals surface area contributed by atoms with Crippen molar-refractivity contribution in [3.8, 4) is 0 Å².